The average molecular weight is 451 g/mol. The van der Waals surface area contributed by atoms with Crippen LogP contribution in [0.1, 0.15) is 17.9 Å². The van der Waals surface area contributed by atoms with Crippen LogP contribution in [0.2, 0.25) is 5.02 Å². The summed E-state index contributed by atoms with van der Waals surface area (Å²) in [6.45, 7) is -1.52. The van der Waals surface area contributed by atoms with Gasteiger partial charge in [-0.2, -0.15) is 23.4 Å². The number of benzene rings is 2. The van der Waals surface area contributed by atoms with Crippen molar-refractivity contribution < 1.29 is 27.2 Å². The van der Waals surface area contributed by atoms with Gasteiger partial charge in [0, 0.05) is 29.1 Å². The standard InChI is InChI=1S/C20H14ClF3N4O3/c21-14-3-1-12(2-4-14)19-27-18(31-28-19)8-7-17(29)26-15-5-6-16(13(9-15)10-25)30-11-20(22,23)24/h1-6,9H,7-8,11H2,(H,26,29). The third kappa shape index (κ3) is 6.45. The molecule has 0 radical (unpaired) electrons. The van der Waals surface area contributed by atoms with Crippen LogP contribution in [-0.4, -0.2) is 28.8 Å². The molecule has 7 nitrogen and oxygen atoms in total. The van der Waals surface area contributed by atoms with Crippen LogP contribution < -0.4 is 10.1 Å². The van der Waals surface area contributed by atoms with Gasteiger partial charge in [-0.1, -0.05) is 16.8 Å². The second kappa shape index (κ2) is 9.49. The molecular formula is C20H14ClF3N4O3. The van der Waals surface area contributed by atoms with Gasteiger partial charge in [-0.3, -0.25) is 4.79 Å². The number of aryl methyl sites for hydroxylation is 1. The van der Waals surface area contributed by atoms with E-state index in [1.54, 1.807) is 30.3 Å². The molecule has 0 saturated heterocycles. The van der Waals surface area contributed by atoms with Gasteiger partial charge in [-0.15, -0.1) is 0 Å². The molecule has 11 heteroatoms. The molecule has 3 rings (SSSR count). The quantitative estimate of drug-likeness (QED) is 0.556. The first-order valence-corrected chi connectivity index (χ1v) is 9.23. The molecule has 1 N–H and O–H groups in total. The normalized spacial score (nSPS) is 11.1. The molecule has 2 aromatic carbocycles. The fraction of sp³-hybridized carbons (Fsp3) is 0.200. The first-order valence-electron chi connectivity index (χ1n) is 8.85. The summed E-state index contributed by atoms with van der Waals surface area (Å²) in [6, 6.07) is 12.4. The first kappa shape index (κ1) is 22.1. The minimum Gasteiger partial charge on any atom is -0.483 e. The Bertz CT molecular complexity index is 1110. The van der Waals surface area contributed by atoms with E-state index in [1.165, 1.54) is 18.2 Å². The lowest BCUT2D eigenvalue weighted by atomic mass is 10.2. The molecule has 1 heterocycles. The zero-order chi connectivity index (χ0) is 22.4. The fourth-order valence-corrected chi connectivity index (χ4v) is 2.62. The van der Waals surface area contributed by atoms with Crippen molar-refractivity contribution in [1.82, 2.24) is 10.1 Å². The molecule has 1 amide bonds. The van der Waals surface area contributed by atoms with Gasteiger partial charge < -0.3 is 14.6 Å². The number of anilines is 1. The van der Waals surface area contributed by atoms with Gasteiger partial charge in [-0.05, 0) is 42.5 Å². The molecular weight excluding hydrogens is 437 g/mol. The maximum atomic E-state index is 12.3. The number of aromatic nitrogens is 2. The minimum atomic E-state index is -4.53. The van der Waals surface area contributed by atoms with Gasteiger partial charge in [0.25, 0.3) is 0 Å². The van der Waals surface area contributed by atoms with Crippen LogP contribution in [0.4, 0.5) is 18.9 Å². The van der Waals surface area contributed by atoms with Gasteiger partial charge in [0.2, 0.25) is 17.6 Å². The molecule has 0 aliphatic carbocycles. The van der Waals surface area contributed by atoms with Crippen LogP contribution in [0.25, 0.3) is 11.4 Å². The number of nitriles is 1. The Morgan fingerprint density at radius 1 is 1.23 bits per heavy atom. The summed E-state index contributed by atoms with van der Waals surface area (Å²) in [7, 11) is 0. The van der Waals surface area contributed by atoms with Crippen molar-refractivity contribution in [2.75, 3.05) is 11.9 Å². The van der Waals surface area contributed by atoms with Crippen LogP contribution >= 0.6 is 11.6 Å². The number of halogens is 4. The molecule has 1 aromatic heterocycles. The second-order valence-electron chi connectivity index (χ2n) is 6.29. The molecule has 3 aromatic rings. The topological polar surface area (TPSA) is 101 Å². The fourth-order valence-electron chi connectivity index (χ4n) is 2.50. The Morgan fingerprint density at radius 2 is 1.97 bits per heavy atom. The Morgan fingerprint density at radius 3 is 2.65 bits per heavy atom. The molecule has 0 aliphatic rings. The summed E-state index contributed by atoms with van der Waals surface area (Å²) >= 11 is 5.84. The molecule has 0 atom stereocenters. The molecule has 0 unspecified atom stereocenters. The van der Waals surface area contributed by atoms with Gasteiger partial charge in [0.05, 0.1) is 5.56 Å². The number of nitrogens with zero attached hydrogens (tertiary/aromatic N) is 3. The number of carbonyl (C=O) groups is 1. The zero-order valence-corrected chi connectivity index (χ0v) is 16.5. The van der Waals surface area contributed by atoms with Crippen LogP contribution in [0.15, 0.2) is 47.0 Å². The van der Waals surface area contributed by atoms with Crippen LogP contribution in [0, 0.1) is 11.3 Å². The largest absolute Gasteiger partial charge is 0.483 e. The van der Waals surface area contributed by atoms with Gasteiger partial charge in [0.15, 0.2) is 6.61 Å². The number of amides is 1. The van der Waals surface area contributed by atoms with E-state index in [0.29, 0.717) is 16.4 Å². The number of carbonyl (C=O) groups excluding carboxylic acids is 1. The Kier molecular flexibility index (Phi) is 6.77. The summed E-state index contributed by atoms with van der Waals surface area (Å²) in [6.07, 6.45) is -4.34. The number of alkyl halides is 3. The van der Waals surface area contributed by atoms with Gasteiger partial charge in [-0.25, -0.2) is 0 Å². The summed E-state index contributed by atoms with van der Waals surface area (Å²) < 4.78 is 46.6. The van der Waals surface area contributed by atoms with Crippen LogP contribution in [0.3, 0.4) is 0 Å². The molecule has 0 spiro atoms. The van der Waals surface area contributed by atoms with E-state index in [-0.39, 0.29) is 35.7 Å². The third-order valence-electron chi connectivity index (χ3n) is 3.91. The summed E-state index contributed by atoms with van der Waals surface area (Å²) in [4.78, 5) is 16.4. The van der Waals surface area contributed by atoms with Crippen molar-refractivity contribution in [3.8, 4) is 23.2 Å². The molecule has 0 saturated carbocycles. The number of rotatable bonds is 7. The van der Waals surface area contributed by atoms with Crippen molar-refractivity contribution in [3.05, 3.63) is 58.9 Å². The zero-order valence-electron chi connectivity index (χ0n) is 15.7. The van der Waals surface area contributed by atoms with E-state index >= 15 is 0 Å². The number of hydrogen-bond donors (Lipinski definition) is 1. The molecule has 0 bridgehead atoms. The lowest BCUT2D eigenvalue weighted by molar-refractivity contribution is -0.153. The second-order valence-corrected chi connectivity index (χ2v) is 6.73. The Labute approximate surface area is 179 Å². The number of ether oxygens (including phenoxy) is 1. The van der Waals surface area contributed by atoms with Crippen LogP contribution in [0.5, 0.6) is 5.75 Å². The highest BCUT2D eigenvalue weighted by Crippen LogP contribution is 2.25. The summed E-state index contributed by atoms with van der Waals surface area (Å²) in [5.41, 5.74) is 0.820. The maximum Gasteiger partial charge on any atom is 0.422 e. The first-order chi connectivity index (χ1) is 14.7. The highest BCUT2D eigenvalue weighted by Gasteiger charge is 2.28. The lowest BCUT2D eigenvalue weighted by Gasteiger charge is -2.11. The molecule has 0 aliphatic heterocycles. The van der Waals surface area contributed by atoms with E-state index in [4.69, 9.17) is 21.4 Å². The predicted octanol–water partition coefficient (Wildman–Crippen LogP) is 4.77. The van der Waals surface area contributed by atoms with Crippen LogP contribution in [-0.2, 0) is 11.2 Å². The van der Waals surface area contributed by atoms with Gasteiger partial charge in [0.1, 0.15) is 11.8 Å². The minimum absolute atomic E-state index is 0.0104. The van der Waals surface area contributed by atoms with E-state index < -0.39 is 18.7 Å². The van der Waals surface area contributed by atoms with E-state index in [2.05, 4.69) is 20.2 Å². The van der Waals surface area contributed by atoms with Crippen molar-refractivity contribution in [3.63, 3.8) is 0 Å². The molecule has 160 valence electrons. The molecule has 31 heavy (non-hydrogen) atoms. The molecule has 0 fully saturated rings. The third-order valence-corrected chi connectivity index (χ3v) is 4.16. The smallest absolute Gasteiger partial charge is 0.422 e. The van der Waals surface area contributed by atoms with E-state index in [1.807, 2.05) is 0 Å². The van der Waals surface area contributed by atoms with Crippen molar-refractivity contribution in [1.29, 1.82) is 5.26 Å². The maximum absolute atomic E-state index is 12.3. The van der Waals surface area contributed by atoms with Crippen molar-refractivity contribution in [2.24, 2.45) is 0 Å². The van der Waals surface area contributed by atoms with Crippen molar-refractivity contribution in [2.45, 2.75) is 19.0 Å². The SMILES string of the molecule is N#Cc1cc(NC(=O)CCc2nc(-c3ccc(Cl)cc3)no2)ccc1OCC(F)(F)F. The highest BCUT2D eigenvalue weighted by atomic mass is 35.5. The van der Waals surface area contributed by atoms with E-state index in [0.717, 1.165) is 0 Å². The highest BCUT2D eigenvalue weighted by molar-refractivity contribution is 6.30. The summed E-state index contributed by atoms with van der Waals surface area (Å²) in [5, 5.41) is 16.1. The predicted molar refractivity (Wildman–Crippen MR) is 104 cm³/mol. The van der Waals surface area contributed by atoms with E-state index in [9.17, 15) is 18.0 Å². The Balaban J connectivity index is 1.56. The van der Waals surface area contributed by atoms with Crippen molar-refractivity contribution >= 4 is 23.2 Å². The Hall–Kier alpha value is -3.58. The average Bonchev–Trinajstić information content (AvgIpc) is 3.20. The summed E-state index contributed by atoms with van der Waals surface area (Å²) in [5.74, 6) is -0.00796. The lowest BCUT2D eigenvalue weighted by Crippen LogP contribution is -2.19. The number of nitrogens with one attached hydrogen (secondary N) is 1. The number of hydrogen-bond acceptors (Lipinski definition) is 6. The monoisotopic (exact) mass is 450 g/mol. The van der Waals surface area contributed by atoms with Gasteiger partial charge >= 0.3 is 6.18 Å².